The number of phosphoric ester groups is 2. The molecule has 0 rings (SSSR count). The highest BCUT2D eigenvalue weighted by Gasteiger charge is 2.30. The molecule has 0 aliphatic carbocycles. The fraction of sp³-hybridized carbons (Fsp3) is 0.947. The molecule has 0 saturated heterocycles. The summed E-state index contributed by atoms with van der Waals surface area (Å²) in [5.74, 6) is -1.30. The Bertz CT molecular complexity index is 1810. The van der Waals surface area contributed by atoms with E-state index in [9.17, 15) is 43.2 Å². The van der Waals surface area contributed by atoms with Gasteiger partial charge in [-0.05, 0) is 31.6 Å². The monoisotopic (exact) mass is 1380 g/mol. The van der Waals surface area contributed by atoms with Crippen LogP contribution in [0.2, 0.25) is 0 Å². The molecule has 0 aromatic carbocycles. The lowest BCUT2D eigenvalue weighted by molar-refractivity contribution is -0.161. The van der Waals surface area contributed by atoms with Crippen molar-refractivity contribution in [3.05, 3.63) is 0 Å². The molecule has 2 unspecified atom stereocenters. The number of phosphoric acid groups is 2. The molecule has 94 heavy (non-hydrogen) atoms. The van der Waals surface area contributed by atoms with Gasteiger partial charge >= 0.3 is 39.5 Å². The third kappa shape index (κ3) is 68.6. The van der Waals surface area contributed by atoms with Crippen LogP contribution in [0.1, 0.15) is 394 Å². The minimum Gasteiger partial charge on any atom is -0.462 e. The van der Waals surface area contributed by atoms with Crippen LogP contribution in [0.25, 0.3) is 0 Å². The first kappa shape index (κ1) is 92.1. The predicted molar refractivity (Wildman–Crippen MR) is 382 cm³/mol. The summed E-state index contributed by atoms with van der Waals surface area (Å²) in [5.41, 5.74) is 0. The lowest BCUT2D eigenvalue weighted by Gasteiger charge is -2.21. The number of aliphatic hydroxyl groups is 1. The van der Waals surface area contributed by atoms with Gasteiger partial charge in [0.05, 0.1) is 26.4 Å². The van der Waals surface area contributed by atoms with E-state index in [0.29, 0.717) is 25.7 Å². The number of hydrogen-bond acceptors (Lipinski definition) is 15. The molecule has 0 spiro atoms. The maximum Gasteiger partial charge on any atom is 0.472 e. The van der Waals surface area contributed by atoms with Gasteiger partial charge in [0.1, 0.15) is 19.3 Å². The van der Waals surface area contributed by atoms with Crippen LogP contribution in [0.3, 0.4) is 0 Å². The summed E-state index contributed by atoms with van der Waals surface area (Å²) in [6.07, 6.45) is 56.8. The molecule has 0 aromatic heterocycles. The van der Waals surface area contributed by atoms with Gasteiger partial charge < -0.3 is 33.8 Å². The summed E-state index contributed by atoms with van der Waals surface area (Å²) < 4.78 is 68.4. The van der Waals surface area contributed by atoms with Gasteiger partial charge in [-0.2, -0.15) is 0 Å². The van der Waals surface area contributed by atoms with Crippen molar-refractivity contribution >= 4 is 39.5 Å². The number of hydrogen-bond donors (Lipinski definition) is 3. The molecular formula is C75H146O17P2. The van der Waals surface area contributed by atoms with Gasteiger partial charge in [0, 0.05) is 25.7 Å². The molecule has 5 atom stereocenters. The second-order valence-corrected chi connectivity index (χ2v) is 30.4. The highest BCUT2D eigenvalue weighted by atomic mass is 31.2. The number of ether oxygens (including phenoxy) is 4. The van der Waals surface area contributed by atoms with E-state index in [1.54, 1.807) is 0 Å². The van der Waals surface area contributed by atoms with E-state index < -0.39 is 97.5 Å². The Kier molecular flexibility index (Phi) is 66.8. The van der Waals surface area contributed by atoms with Crippen LogP contribution < -0.4 is 0 Å². The smallest absolute Gasteiger partial charge is 0.462 e. The van der Waals surface area contributed by atoms with Crippen molar-refractivity contribution in [1.29, 1.82) is 0 Å². The van der Waals surface area contributed by atoms with Gasteiger partial charge in [0.25, 0.3) is 0 Å². The molecule has 0 heterocycles. The molecule has 17 nitrogen and oxygen atoms in total. The van der Waals surface area contributed by atoms with Gasteiger partial charge in [-0.15, -0.1) is 0 Å². The van der Waals surface area contributed by atoms with Crippen LogP contribution in [0.4, 0.5) is 0 Å². The van der Waals surface area contributed by atoms with Gasteiger partial charge in [-0.25, -0.2) is 9.13 Å². The third-order valence-electron chi connectivity index (χ3n) is 17.5. The van der Waals surface area contributed by atoms with Gasteiger partial charge in [0.2, 0.25) is 0 Å². The number of carbonyl (C=O) groups is 4. The average molecular weight is 1380 g/mol. The van der Waals surface area contributed by atoms with E-state index in [2.05, 4.69) is 34.6 Å². The molecule has 0 aliphatic rings. The molecule has 0 radical (unpaired) electrons. The van der Waals surface area contributed by atoms with Crippen molar-refractivity contribution in [2.45, 2.75) is 412 Å². The van der Waals surface area contributed by atoms with Crippen molar-refractivity contribution in [3.63, 3.8) is 0 Å². The van der Waals surface area contributed by atoms with Crippen LogP contribution in [0, 0.1) is 5.92 Å². The molecule has 3 N–H and O–H groups in total. The minimum atomic E-state index is -4.96. The van der Waals surface area contributed by atoms with Crippen molar-refractivity contribution < 1.29 is 80.2 Å². The molecular weight excluding hydrogens is 1230 g/mol. The number of aliphatic hydroxyl groups excluding tert-OH is 1. The van der Waals surface area contributed by atoms with Gasteiger partial charge in [0.15, 0.2) is 12.2 Å². The highest BCUT2D eigenvalue weighted by Crippen LogP contribution is 2.45. The Balaban J connectivity index is 5.21. The molecule has 19 heteroatoms. The largest absolute Gasteiger partial charge is 0.472 e. The molecule has 558 valence electrons. The lowest BCUT2D eigenvalue weighted by atomic mass is 10.0. The van der Waals surface area contributed by atoms with E-state index in [1.807, 2.05) is 0 Å². The Morgan fingerprint density at radius 1 is 0.287 bits per heavy atom. The highest BCUT2D eigenvalue weighted by molar-refractivity contribution is 7.47. The molecule has 0 bridgehead atoms. The standard InChI is InChI=1S/C75H146O17P2/c1-6-9-12-15-18-21-23-25-31-35-39-44-49-54-59-73(78)86-65-71(92-75(80)61-56-51-46-41-36-32-29-27-26-28-30-33-38-42-47-52-57-68(4)5)67-90-94(83,84)88-63-69(76)62-87-93(81,82)89-66-70(64-85-72(77)58-53-48-43-37-20-17-14-11-8-3)91-74(79)60-55-50-45-40-34-24-22-19-16-13-10-7-2/h68-71,76H,6-67H2,1-5H3,(H,81,82)(H,83,84)/t69-,70+,71+/m0/s1. The Labute approximate surface area is 575 Å². The summed E-state index contributed by atoms with van der Waals surface area (Å²) in [7, 11) is -9.90. The molecule has 0 amide bonds. The first-order valence-electron chi connectivity index (χ1n) is 39.1. The number of esters is 4. The van der Waals surface area contributed by atoms with E-state index in [4.69, 9.17) is 37.0 Å². The van der Waals surface area contributed by atoms with Crippen molar-refractivity contribution in [2.24, 2.45) is 5.92 Å². The topological polar surface area (TPSA) is 237 Å². The van der Waals surface area contributed by atoms with E-state index in [-0.39, 0.29) is 25.7 Å². The molecule has 0 fully saturated rings. The van der Waals surface area contributed by atoms with Crippen molar-refractivity contribution in [2.75, 3.05) is 39.6 Å². The maximum atomic E-state index is 13.1. The van der Waals surface area contributed by atoms with Crippen molar-refractivity contribution in [3.8, 4) is 0 Å². The SMILES string of the molecule is CCCCCCCCCCCCCCCCC(=O)OC[C@H](COP(=O)(O)OC[C@@H](O)COP(=O)(O)OC[C@@H](COC(=O)CCCCCCCCCCC)OC(=O)CCCCCCCCCCCCCC)OC(=O)CCCCCCCCCCCCCCCCCCC(C)C. The number of rotatable bonds is 75. The predicted octanol–water partition coefficient (Wildman–Crippen LogP) is 22.1. The Hall–Kier alpha value is -1.94. The second-order valence-electron chi connectivity index (χ2n) is 27.5. The Morgan fingerprint density at radius 3 is 0.723 bits per heavy atom. The first-order chi connectivity index (χ1) is 45.5. The van der Waals surface area contributed by atoms with Crippen LogP contribution in [-0.2, 0) is 65.4 Å². The summed E-state index contributed by atoms with van der Waals surface area (Å²) in [5, 5.41) is 10.6. The quantitative estimate of drug-likeness (QED) is 0.0222. The lowest BCUT2D eigenvalue weighted by Crippen LogP contribution is -2.30. The Morgan fingerprint density at radius 2 is 0.489 bits per heavy atom. The summed E-state index contributed by atoms with van der Waals surface area (Å²) in [6, 6.07) is 0. The fourth-order valence-corrected chi connectivity index (χ4v) is 13.1. The van der Waals surface area contributed by atoms with Crippen molar-refractivity contribution in [1.82, 2.24) is 0 Å². The van der Waals surface area contributed by atoms with Crippen LogP contribution in [0.5, 0.6) is 0 Å². The normalized spacial score (nSPS) is 14.0. The molecule has 0 aliphatic heterocycles. The fourth-order valence-electron chi connectivity index (χ4n) is 11.5. The maximum absolute atomic E-state index is 13.1. The zero-order valence-electron chi connectivity index (χ0n) is 61.1. The van der Waals surface area contributed by atoms with Crippen LogP contribution >= 0.6 is 15.6 Å². The molecule has 0 saturated carbocycles. The molecule has 0 aromatic rings. The van der Waals surface area contributed by atoms with Crippen LogP contribution in [-0.4, -0.2) is 96.7 Å². The third-order valence-corrected chi connectivity index (χ3v) is 19.4. The number of unbranched alkanes of at least 4 members (excludes halogenated alkanes) is 47. The summed E-state index contributed by atoms with van der Waals surface area (Å²) in [4.78, 5) is 72.7. The van der Waals surface area contributed by atoms with E-state index in [0.717, 1.165) is 95.8 Å². The second kappa shape index (κ2) is 68.2. The minimum absolute atomic E-state index is 0.108. The van der Waals surface area contributed by atoms with E-state index >= 15 is 0 Å². The average Bonchev–Trinajstić information content (AvgIpc) is 1.27. The van der Waals surface area contributed by atoms with Crippen LogP contribution in [0.15, 0.2) is 0 Å². The van der Waals surface area contributed by atoms with Gasteiger partial charge in [-0.3, -0.25) is 37.3 Å². The van der Waals surface area contributed by atoms with Gasteiger partial charge in [-0.1, -0.05) is 343 Å². The summed E-state index contributed by atoms with van der Waals surface area (Å²) >= 11 is 0. The van der Waals surface area contributed by atoms with E-state index in [1.165, 1.54) is 218 Å². The number of carbonyl (C=O) groups excluding carboxylic acids is 4. The zero-order chi connectivity index (χ0) is 69.1. The summed E-state index contributed by atoms with van der Waals surface area (Å²) in [6.45, 7) is 7.30. The zero-order valence-corrected chi connectivity index (χ0v) is 62.9. The first-order valence-corrected chi connectivity index (χ1v) is 42.1.